The first kappa shape index (κ1) is 16.5. The minimum Gasteiger partial charge on any atom is -0.392 e. The highest BCUT2D eigenvalue weighted by Crippen LogP contribution is 2.23. The van der Waals surface area contributed by atoms with E-state index in [1.54, 1.807) is 7.05 Å². The summed E-state index contributed by atoms with van der Waals surface area (Å²) in [5.74, 6) is -1.10. The van der Waals surface area contributed by atoms with E-state index in [0.29, 0.717) is 6.42 Å². The number of hydrazine groups is 1. The van der Waals surface area contributed by atoms with Crippen LogP contribution in [0.2, 0.25) is 0 Å². The van der Waals surface area contributed by atoms with E-state index in [-0.39, 0.29) is 12.5 Å². The van der Waals surface area contributed by atoms with Crippen LogP contribution >= 0.6 is 27.3 Å². The standard InChI is InChI=1S/C12H17BrN4O3S/c1-14-8(11-16-9(13)6-21-11)5-10(18)20-12(19)7-3-2-4-15-17-7/h6-8,14-15,17H,2-5H2,1H3. The van der Waals surface area contributed by atoms with Crippen molar-refractivity contribution < 1.29 is 14.3 Å². The third-order valence-corrected chi connectivity index (χ3v) is 4.75. The lowest BCUT2D eigenvalue weighted by atomic mass is 10.1. The third-order valence-electron chi connectivity index (χ3n) is 3.08. The summed E-state index contributed by atoms with van der Waals surface area (Å²) < 4.78 is 5.62. The molecule has 0 spiro atoms. The number of aromatic nitrogens is 1. The van der Waals surface area contributed by atoms with Gasteiger partial charge in [0.25, 0.3) is 0 Å². The van der Waals surface area contributed by atoms with Crippen molar-refractivity contribution in [1.82, 2.24) is 21.2 Å². The molecule has 3 N–H and O–H groups in total. The second kappa shape index (κ2) is 7.95. The van der Waals surface area contributed by atoms with Gasteiger partial charge in [-0.25, -0.2) is 15.2 Å². The van der Waals surface area contributed by atoms with Gasteiger partial charge in [-0.1, -0.05) is 0 Å². The van der Waals surface area contributed by atoms with E-state index in [0.717, 1.165) is 22.6 Å². The average Bonchev–Trinajstić information content (AvgIpc) is 2.92. The fraction of sp³-hybridized carbons (Fsp3) is 0.583. The number of carbonyl (C=O) groups is 2. The van der Waals surface area contributed by atoms with E-state index < -0.39 is 18.0 Å². The van der Waals surface area contributed by atoms with Crippen molar-refractivity contribution in [1.29, 1.82) is 0 Å². The molecule has 7 nitrogen and oxygen atoms in total. The van der Waals surface area contributed by atoms with Gasteiger partial charge in [0.05, 0.1) is 12.5 Å². The summed E-state index contributed by atoms with van der Waals surface area (Å²) in [4.78, 5) is 28.0. The molecule has 0 saturated carbocycles. The molecule has 1 aliphatic heterocycles. The molecular formula is C12H17BrN4O3S. The molecule has 2 rings (SSSR count). The molecule has 0 amide bonds. The van der Waals surface area contributed by atoms with Crippen molar-refractivity contribution in [3.63, 3.8) is 0 Å². The van der Waals surface area contributed by atoms with Crippen molar-refractivity contribution >= 4 is 39.2 Å². The Morgan fingerprint density at radius 1 is 1.67 bits per heavy atom. The first-order valence-electron chi connectivity index (χ1n) is 6.61. The summed E-state index contributed by atoms with van der Waals surface area (Å²) in [6, 6.07) is -0.733. The Hall–Kier alpha value is -0.870. The molecule has 0 aliphatic carbocycles. The minimum atomic E-state index is -0.557. The number of carbonyl (C=O) groups excluding carboxylic acids is 2. The maximum atomic E-state index is 11.9. The molecule has 2 heterocycles. The largest absolute Gasteiger partial charge is 0.392 e. The zero-order chi connectivity index (χ0) is 15.2. The molecule has 1 aliphatic rings. The lowest BCUT2D eigenvalue weighted by Gasteiger charge is -2.22. The van der Waals surface area contributed by atoms with Gasteiger partial charge in [0, 0.05) is 11.9 Å². The number of nitrogens with one attached hydrogen (secondary N) is 3. The van der Waals surface area contributed by atoms with Gasteiger partial charge in [-0.05, 0) is 35.8 Å². The van der Waals surface area contributed by atoms with Gasteiger partial charge in [-0.3, -0.25) is 10.2 Å². The van der Waals surface area contributed by atoms with Crippen LogP contribution in [0, 0.1) is 0 Å². The first-order valence-corrected chi connectivity index (χ1v) is 8.28. The van der Waals surface area contributed by atoms with Gasteiger partial charge >= 0.3 is 11.9 Å². The Labute approximate surface area is 134 Å². The summed E-state index contributed by atoms with van der Waals surface area (Å²) in [7, 11) is 1.74. The van der Waals surface area contributed by atoms with Crippen LogP contribution in [0.3, 0.4) is 0 Å². The van der Waals surface area contributed by atoms with Gasteiger partial charge in [0.15, 0.2) is 0 Å². The molecular weight excluding hydrogens is 360 g/mol. The fourth-order valence-electron chi connectivity index (χ4n) is 1.97. The van der Waals surface area contributed by atoms with Crippen LogP contribution in [-0.4, -0.2) is 36.6 Å². The number of ether oxygens (including phenoxy) is 1. The van der Waals surface area contributed by atoms with E-state index in [1.165, 1.54) is 11.3 Å². The smallest absolute Gasteiger partial charge is 0.332 e. The van der Waals surface area contributed by atoms with E-state index in [4.69, 9.17) is 4.74 Å². The van der Waals surface area contributed by atoms with Crippen LogP contribution < -0.4 is 16.2 Å². The predicted octanol–water partition coefficient (Wildman–Crippen LogP) is 0.883. The average molecular weight is 377 g/mol. The lowest BCUT2D eigenvalue weighted by molar-refractivity contribution is -0.162. The Morgan fingerprint density at radius 3 is 3.05 bits per heavy atom. The fourth-order valence-corrected chi connectivity index (χ4v) is 3.35. The monoisotopic (exact) mass is 376 g/mol. The van der Waals surface area contributed by atoms with E-state index in [2.05, 4.69) is 37.1 Å². The molecule has 0 bridgehead atoms. The van der Waals surface area contributed by atoms with E-state index >= 15 is 0 Å². The zero-order valence-corrected chi connectivity index (χ0v) is 13.9. The first-order chi connectivity index (χ1) is 10.1. The maximum Gasteiger partial charge on any atom is 0.332 e. The van der Waals surface area contributed by atoms with Gasteiger partial charge < -0.3 is 10.1 Å². The summed E-state index contributed by atoms with van der Waals surface area (Å²) in [5, 5.41) is 5.61. The Morgan fingerprint density at radius 2 is 2.48 bits per heavy atom. The lowest BCUT2D eigenvalue weighted by Crippen LogP contribution is -2.50. The number of halogens is 1. The highest BCUT2D eigenvalue weighted by molar-refractivity contribution is 9.10. The van der Waals surface area contributed by atoms with Gasteiger partial charge in [0.2, 0.25) is 0 Å². The summed E-state index contributed by atoms with van der Waals surface area (Å²) in [6.45, 7) is 0.804. The van der Waals surface area contributed by atoms with Gasteiger partial charge in [0.1, 0.15) is 15.7 Å². The molecule has 21 heavy (non-hydrogen) atoms. The number of rotatable bonds is 5. The Balaban J connectivity index is 1.86. The summed E-state index contributed by atoms with van der Waals surface area (Å²) in [6.07, 6.45) is 1.59. The van der Waals surface area contributed by atoms with E-state index in [9.17, 15) is 9.59 Å². The van der Waals surface area contributed by atoms with Crippen molar-refractivity contribution in [3.05, 3.63) is 15.0 Å². The molecule has 1 aromatic heterocycles. The van der Waals surface area contributed by atoms with Crippen LogP contribution in [0.25, 0.3) is 0 Å². The number of thiazole rings is 1. The zero-order valence-electron chi connectivity index (χ0n) is 11.5. The minimum absolute atomic E-state index is 0.0579. The third kappa shape index (κ3) is 4.82. The van der Waals surface area contributed by atoms with Crippen LogP contribution in [0.5, 0.6) is 0 Å². The molecule has 0 radical (unpaired) electrons. The molecule has 1 fully saturated rings. The highest BCUT2D eigenvalue weighted by atomic mass is 79.9. The van der Waals surface area contributed by atoms with Crippen molar-refractivity contribution in [2.45, 2.75) is 31.3 Å². The van der Waals surface area contributed by atoms with Gasteiger partial charge in [-0.2, -0.15) is 0 Å². The molecule has 2 unspecified atom stereocenters. The predicted molar refractivity (Wildman–Crippen MR) is 81.5 cm³/mol. The number of esters is 2. The van der Waals surface area contributed by atoms with Crippen LogP contribution in [0.1, 0.15) is 30.3 Å². The van der Waals surface area contributed by atoms with Crippen molar-refractivity contribution in [2.75, 3.05) is 13.6 Å². The van der Waals surface area contributed by atoms with Crippen LogP contribution in [0.4, 0.5) is 0 Å². The number of nitrogens with zero attached hydrogens (tertiary/aromatic N) is 1. The summed E-state index contributed by atoms with van der Waals surface area (Å²) in [5.41, 5.74) is 5.70. The quantitative estimate of drug-likeness (QED) is 0.518. The molecule has 0 aromatic carbocycles. The molecule has 9 heteroatoms. The number of hydrogen-bond donors (Lipinski definition) is 3. The van der Waals surface area contributed by atoms with Crippen LogP contribution in [-0.2, 0) is 14.3 Å². The molecule has 116 valence electrons. The van der Waals surface area contributed by atoms with Crippen molar-refractivity contribution in [2.24, 2.45) is 0 Å². The Bertz CT molecular complexity index is 504. The molecule has 1 aromatic rings. The maximum absolute atomic E-state index is 11.9. The van der Waals surface area contributed by atoms with Gasteiger partial charge in [-0.15, -0.1) is 11.3 Å². The Kier molecular flexibility index (Phi) is 6.24. The van der Waals surface area contributed by atoms with E-state index in [1.807, 2.05) is 5.38 Å². The molecule has 2 atom stereocenters. The van der Waals surface area contributed by atoms with Crippen molar-refractivity contribution in [3.8, 4) is 0 Å². The second-order valence-electron chi connectivity index (χ2n) is 4.61. The second-order valence-corrected chi connectivity index (χ2v) is 6.32. The normalized spacial score (nSPS) is 20.0. The topological polar surface area (TPSA) is 92.3 Å². The SMILES string of the molecule is CNC(CC(=O)OC(=O)C1CCCNN1)c1nc(Br)cs1. The van der Waals surface area contributed by atoms with Crippen LogP contribution in [0.15, 0.2) is 9.98 Å². The molecule has 1 saturated heterocycles. The highest BCUT2D eigenvalue weighted by Gasteiger charge is 2.26. The summed E-state index contributed by atoms with van der Waals surface area (Å²) >= 11 is 4.71. The number of hydrogen-bond acceptors (Lipinski definition) is 8.